The summed E-state index contributed by atoms with van der Waals surface area (Å²) in [5, 5.41) is 0.452. The average molecular weight is 332 g/mol. The Bertz CT molecular complexity index is 715. The van der Waals surface area contributed by atoms with Gasteiger partial charge in [-0.3, -0.25) is 4.79 Å². The van der Waals surface area contributed by atoms with Crippen LogP contribution in [0.3, 0.4) is 0 Å². The monoisotopic (exact) mass is 331 g/mol. The van der Waals surface area contributed by atoms with Crippen LogP contribution >= 0.6 is 11.6 Å². The Morgan fingerprint density at radius 2 is 2.09 bits per heavy atom. The van der Waals surface area contributed by atoms with Gasteiger partial charge >= 0.3 is 0 Å². The number of anilines is 1. The minimum absolute atomic E-state index is 0.157. The van der Waals surface area contributed by atoms with Crippen LogP contribution < -0.4 is 14.4 Å². The first-order chi connectivity index (χ1) is 11.1. The van der Waals surface area contributed by atoms with Crippen LogP contribution in [0.1, 0.15) is 10.4 Å². The van der Waals surface area contributed by atoms with Crippen LogP contribution in [0.2, 0.25) is 5.02 Å². The molecule has 2 rings (SSSR count). The lowest BCUT2D eigenvalue weighted by Crippen LogP contribution is -2.26. The quantitative estimate of drug-likeness (QED) is 0.745. The first kappa shape index (κ1) is 16.9. The maximum Gasteiger partial charge on any atom is 0.258 e. The van der Waals surface area contributed by atoms with Crippen LogP contribution in [0.5, 0.6) is 11.5 Å². The Morgan fingerprint density at radius 3 is 2.74 bits per heavy atom. The molecule has 0 aliphatic heterocycles. The number of hydrogen-bond acceptors (Lipinski definition) is 3. The summed E-state index contributed by atoms with van der Waals surface area (Å²) < 4.78 is 10.6. The molecule has 2 aromatic carbocycles. The molecule has 0 fully saturated rings. The Kier molecular flexibility index (Phi) is 5.66. The summed E-state index contributed by atoms with van der Waals surface area (Å²) in [4.78, 5) is 14.1. The smallest absolute Gasteiger partial charge is 0.258 e. The molecule has 0 atom stereocenters. The van der Waals surface area contributed by atoms with Crippen LogP contribution in [0.4, 0.5) is 5.69 Å². The molecule has 5 heteroatoms. The summed E-state index contributed by atoms with van der Waals surface area (Å²) in [6.07, 6.45) is 1.65. The molecule has 0 N–H and O–H groups in total. The largest absolute Gasteiger partial charge is 0.495 e. The first-order valence-electron chi connectivity index (χ1n) is 7.02. The van der Waals surface area contributed by atoms with Crippen LogP contribution in [0.15, 0.2) is 55.1 Å². The SMILES string of the molecule is C=CCOc1cccc(C(=O)N(C)c2ccc(OC)c(Cl)c2)c1. The van der Waals surface area contributed by atoms with Crippen molar-refractivity contribution in [3.63, 3.8) is 0 Å². The van der Waals surface area contributed by atoms with E-state index in [0.29, 0.717) is 34.4 Å². The molecule has 4 nitrogen and oxygen atoms in total. The van der Waals surface area contributed by atoms with Crippen LogP contribution in [0.25, 0.3) is 0 Å². The van der Waals surface area contributed by atoms with Gasteiger partial charge < -0.3 is 14.4 Å². The van der Waals surface area contributed by atoms with E-state index < -0.39 is 0 Å². The number of amides is 1. The average Bonchev–Trinajstić information content (AvgIpc) is 2.58. The molecule has 0 saturated heterocycles. The van der Waals surface area contributed by atoms with E-state index in [0.717, 1.165) is 0 Å². The number of nitrogens with zero attached hydrogens (tertiary/aromatic N) is 1. The van der Waals surface area contributed by atoms with Gasteiger partial charge in [-0.25, -0.2) is 0 Å². The summed E-state index contributed by atoms with van der Waals surface area (Å²) >= 11 is 6.11. The highest BCUT2D eigenvalue weighted by Gasteiger charge is 2.15. The maximum atomic E-state index is 12.6. The first-order valence-corrected chi connectivity index (χ1v) is 7.40. The van der Waals surface area contributed by atoms with Crippen molar-refractivity contribution in [3.05, 3.63) is 65.7 Å². The standard InChI is InChI=1S/C18H18ClNO3/c1-4-10-23-15-7-5-6-13(11-15)18(21)20(2)14-8-9-17(22-3)16(19)12-14/h4-9,11-12H,1,10H2,2-3H3. The van der Waals surface area contributed by atoms with E-state index in [4.69, 9.17) is 21.1 Å². The van der Waals surface area contributed by atoms with E-state index >= 15 is 0 Å². The number of benzene rings is 2. The molecule has 0 spiro atoms. The predicted molar refractivity (Wildman–Crippen MR) is 92.9 cm³/mol. The van der Waals surface area contributed by atoms with Crippen molar-refractivity contribution < 1.29 is 14.3 Å². The third kappa shape index (κ3) is 4.05. The summed E-state index contributed by atoms with van der Waals surface area (Å²) in [6, 6.07) is 12.2. The minimum Gasteiger partial charge on any atom is -0.495 e. The third-order valence-corrected chi connectivity index (χ3v) is 3.57. The Balaban J connectivity index is 2.22. The number of carbonyl (C=O) groups is 1. The molecule has 0 aliphatic rings. The van der Waals surface area contributed by atoms with Gasteiger partial charge in [-0.1, -0.05) is 30.3 Å². The molecular weight excluding hydrogens is 314 g/mol. The topological polar surface area (TPSA) is 38.8 Å². The van der Waals surface area contributed by atoms with E-state index in [-0.39, 0.29) is 5.91 Å². The highest BCUT2D eigenvalue weighted by Crippen LogP contribution is 2.29. The molecule has 0 heterocycles. The molecule has 23 heavy (non-hydrogen) atoms. The fourth-order valence-electron chi connectivity index (χ4n) is 2.05. The van der Waals surface area contributed by atoms with Gasteiger partial charge in [-0.15, -0.1) is 0 Å². The van der Waals surface area contributed by atoms with Crippen molar-refractivity contribution in [3.8, 4) is 11.5 Å². The lowest BCUT2D eigenvalue weighted by atomic mass is 10.1. The molecule has 0 radical (unpaired) electrons. The number of ether oxygens (including phenoxy) is 2. The van der Waals surface area contributed by atoms with Crippen molar-refractivity contribution in [1.29, 1.82) is 0 Å². The molecule has 2 aromatic rings. The Hall–Kier alpha value is -2.46. The summed E-state index contributed by atoms with van der Waals surface area (Å²) in [5.41, 5.74) is 1.21. The summed E-state index contributed by atoms with van der Waals surface area (Å²) in [5.74, 6) is 1.03. The third-order valence-electron chi connectivity index (χ3n) is 3.28. The zero-order valence-corrected chi connectivity index (χ0v) is 13.8. The highest BCUT2D eigenvalue weighted by atomic mass is 35.5. The molecule has 1 amide bonds. The molecule has 0 aliphatic carbocycles. The van der Waals surface area contributed by atoms with E-state index in [2.05, 4.69) is 6.58 Å². The molecule has 0 saturated carbocycles. The lowest BCUT2D eigenvalue weighted by molar-refractivity contribution is 0.0992. The second-order valence-electron chi connectivity index (χ2n) is 4.81. The zero-order chi connectivity index (χ0) is 16.8. The van der Waals surface area contributed by atoms with Crippen LogP contribution in [-0.2, 0) is 0 Å². The van der Waals surface area contributed by atoms with Crippen molar-refractivity contribution in [2.45, 2.75) is 0 Å². The molecule has 0 bridgehead atoms. The van der Waals surface area contributed by atoms with Gasteiger partial charge in [-0.05, 0) is 36.4 Å². The van der Waals surface area contributed by atoms with E-state index in [1.54, 1.807) is 62.7 Å². The van der Waals surface area contributed by atoms with E-state index in [1.165, 1.54) is 4.90 Å². The second-order valence-corrected chi connectivity index (χ2v) is 5.22. The number of carbonyl (C=O) groups excluding carboxylic acids is 1. The van der Waals surface area contributed by atoms with Gasteiger partial charge in [0.05, 0.1) is 12.1 Å². The molecule has 0 unspecified atom stereocenters. The van der Waals surface area contributed by atoms with Gasteiger partial charge in [0.2, 0.25) is 0 Å². The summed E-state index contributed by atoms with van der Waals surface area (Å²) in [7, 11) is 3.24. The predicted octanol–water partition coefficient (Wildman–Crippen LogP) is 4.19. The van der Waals surface area contributed by atoms with Gasteiger partial charge in [0.25, 0.3) is 5.91 Å². The zero-order valence-electron chi connectivity index (χ0n) is 13.1. The second kappa shape index (κ2) is 7.70. The lowest BCUT2D eigenvalue weighted by Gasteiger charge is -2.18. The molecule has 120 valence electrons. The fraction of sp³-hybridized carbons (Fsp3) is 0.167. The van der Waals surface area contributed by atoms with Crippen LogP contribution in [-0.4, -0.2) is 26.7 Å². The van der Waals surface area contributed by atoms with Gasteiger partial charge in [0.1, 0.15) is 18.1 Å². The van der Waals surface area contributed by atoms with Crippen molar-refractivity contribution in [2.24, 2.45) is 0 Å². The van der Waals surface area contributed by atoms with Crippen LogP contribution in [0, 0.1) is 0 Å². The Morgan fingerprint density at radius 1 is 1.30 bits per heavy atom. The van der Waals surface area contributed by atoms with Crippen molar-refractivity contribution >= 4 is 23.2 Å². The maximum absolute atomic E-state index is 12.6. The van der Waals surface area contributed by atoms with Gasteiger partial charge in [0, 0.05) is 18.3 Å². The summed E-state index contributed by atoms with van der Waals surface area (Å²) in [6.45, 7) is 3.99. The minimum atomic E-state index is -0.157. The number of hydrogen-bond donors (Lipinski definition) is 0. The number of halogens is 1. The van der Waals surface area contributed by atoms with Gasteiger partial charge in [0.15, 0.2) is 0 Å². The Labute approximate surface area is 140 Å². The van der Waals surface area contributed by atoms with Crippen molar-refractivity contribution in [2.75, 3.05) is 25.7 Å². The van der Waals surface area contributed by atoms with E-state index in [9.17, 15) is 4.79 Å². The highest BCUT2D eigenvalue weighted by molar-refractivity contribution is 6.32. The van der Waals surface area contributed by atoms with Gasteiger partial charge in [-0.2, -0.15) is 0 Å². The molecule has 0 aromatic heterocycles. The van der Waals surface area contributed by atoms with Crippen molar-refractivity contribution in [1.82, 2.24) is 0 Å². The fourth-order valence-corrected chi connectivity index (χ4v) is 2.30. The normalized spacial score (nSPS) is 10.0. The molecular formula is C18H18ClNO3. The number of rotatable bonds is 6. The number of methoxy groups -OCH3 is 1. The van der Waals surface area contributed by atoms with E-state index in [1.807, 2.05) is 0 Å².